The molecule has 0 aromatic heterocycles. The third-order valence-corrected chi connectivity index (χ3v) is 3.63. The second-order valence-corrected chi connectivity index (χ2v) is 5.35. The van der Waals surface area contributed by atoms with Crippen molar-refractivity contribution < 1.29 is 9.90 Å². The van der Waals surface area contributed by atoms with Gasteiger partial charge in [-0.15, -0.1) is 0 Å². The molecule has 0 amide bonds. The largest absolute Gasteiger partial charge is 0.479 e. The fraction of sp³-hybridized carbons (Fsp3) is 0.0714. The zero-order valence-electron chi connectivity index (χ0n) is 10.1. The average Bonchev–Trinajstić information content (AvgIpc) is 2.39. The molecular weight excluding hydrogens is 321 g/mol. The first-order chi connectivity index (χ1) is 9.47. The summed E-state index contributed by atoms with van der Waals surface area (Å²) in [6.07, 6.45) is 0. The Balaban J connectivity index is 2.32. The molecule has 2 aromatic rings. The van der Waals surface area contributed by atoms with Gasteiger partial charge in [0.25, 0.3) is 0 Å². The second kappa shape index (κ2) is 6.35. The Bertz CT molecular complexity index is 646. The van der Waals surface area contributed by atoms with Gasteiger partial charge in [-0.3, -0.25) is 0 Å². The summed E-state index contributed by atoms with van der Waals surface area (Å²) in [5.41, 5.74) is 1.11. The van der Waals surface area contributed by atoms with Crippen LogP contribution in [0.4, 0.5) is 5.69 Å². The van der Waals surface area contributed by atoms with Crippen LogP contribution in [-0.2, 0) is 4.79 Å². The van der Waals surface area contributed by atoms with E-state index in [9.17, 15) is 9.90 Å². The summed E-state index contributed by atoms with van der Waals surface area (Å²) in [5, 5.41) is 13.4. The summed E-state index contributed by atoms with van der Waals surface area (Å²) in [7, 11) is 0. The summed E-state index contributed by atoms with van der Waals surface area (Å²) >= 11 is 17.6. The highest BCUT2D eigenvalue weighted by Crippen LogP contribution is 2.28. The van der Waals surface area contributed by atoms with Crippen molar-refractivity contribution in [2.24, 2.45) is 0 Å². The standard InChI is InChI=1S/C14H10Cl3NO2/c15-9-2-1-3-10(7-9)18-13(14(19)20)8-4-5-11(16)12(17)6-8/h1-7,13,18H,(H,19,20). The minimum Gasteiger partial charge on any atom is -0.479 e. The molecule has 0 aliphatic carbocycles. The van der Waals surface area contributed by atoms with Gasteiger partial charge in [-0.25, -0.2) is 4.79 Å². The smallest absolute Gasteiger partial charge is 0.330 e. The van der Waals surface area contributed by atoms with Gasteiger partial charge < -0.3 is 10.4 Å². The highest BCUT2D eigenvalue weighted by Gasteiger charge is 2.20. The van der Waals surface area contributed by atoms with E-state index >= 15 is 0 Å². The van der Waals surface area contributed by atoms with Gasteiger partial charge in [0.2, 0.25) is 0 Å². The van der Waals surface area contributed by atoms with Crippen molar-refractivity contribution in [1.82, 2.24) is 0 Å². The van der Waals surface area contributed by atoms with Gasteiger partial charge in [0.15, 0.2) is 6.04 Å². The van der Waals surface area contributed by atoms with Crippen molar-refractivity contribution in [3.63, 3.8) is 0 Å². The summed E-state index contributed by atoms with van der Waals surface area (Å²) in [6.45, 7) is 0. The Morgan fingerprint density at radius 2 is 1.80 bits per heavy atom. The molecule has 0 saturated heterocycles. The van der Waals surface area contributed by atoms with Crippen LogP contribution in [0.25, 0.3) is 0 Å². The number of anilines is 1. The molecule has 2 rings (SSSR count). The van der Waals surface area contributed by atoms with Crippen LogP contribution in [-0.4, -0.2) is 11.1 Å². The zero-order chi connectivity index (χ0) is 14.7. The number of carbonyl (C=O) groups is 1. The predicted molar refractivity (Wildman–Crippen MR) is 81.9 cm³/mol. The zero-order valence-corrected chi connectivity index (χ0v) is 12.4. The van der Waals surface area contributed by atoms with Crippen LogP contribution < -0.4 is 5.32 Å². The normalized spacial score (nSPS) is 11.9. The van der Waals surface area contributed by atoms with Crippen LogP contribution in [0.3, 0.4) is 0 Å². The Morgan fingerprint density at radius 1 is 1.05 bits per heavy atom. The molecule has 0 aliphatic heterocycles. The van der Waals surface area contributed by atoms with Crippen molar-refractivity contribution in [1.29, 1.82) is 0 Å². The van der Waals surface area contributed by atoms with Gasteiger partial charge in [0, 0.05) is 10.7 Å². The Hall–Kier alpha value is -1.42. The highest BCUT2D eigenvalue weighted by atomic mass is 35.5. The minimum atomic E-state index is -1.02. The molecule has 0 spiro atoms. The maximum Gasteiger partial charge on any atom is 0.330 e. The topological polar surface area (TPSA) is 49.3 Å². The first-order valence-corrected chi connectivity index (χ1v) is 6.80. The summed E-state index contributed by atoms with van der Waals surface area (Å²) in [6, 6.07) is 10.6. The molecule has 3 nitrogen and oxygen atoms in total. The molecule has 0 fully saturated rings. The molecule has 6 heteroatoms. The maximum absolute atomic E-state index is 11.4. The number of carboxylic acids is 1. The van der Waals surface area contributed by atoms with Crippen LogP contribution in [0, 0.1) is 0 Å². The lowest BCUT2D eigenvalue weighted by molar-refractivity contribution is -0.138. The SMILES string of the molecule is O=C(O)C(Nc1cccc(Cl)c1)c1ccc(Cl)c(Cl)c1. The van der Waals surface area contributed by atoms with Crippen molar-refractivity contribution in [2.75, 3.05) is 5.32 Å². The molecule has 1 unspecified atom stereocenters. The van der Waals surface area contributed by atoms with E-state index < -0.39 is 12.0 Å². The molecule has 0 aliphatic rings. The van der Waals surface area contributed by atoms with Gasteiger partial charge in [-0.2, -0.15) is 0 Å². The van der Waals surface area contributed by atoms with Gasteiger partial charge in [0.1, 0.15) is 0 Å². The van der Waals surface area contributed by atoms with E-state index in [0.717, 1.165) is 0 Å². The number of hydrogen-bond acceptors (Lipinski definition) is 2. The lowest BCUT2D eigenvalue weighted by Gasteiger charge is -2.17. The Morgan fingerprint density at radius 3 is 2.40 bits per heavy atom. The maximum atomic E-state index is 11.4. The number of benzene rings is 2. The van der Waals surface area contributed by atoms with Crippen LogP contribution in [0.15, 0.2) is 42.5 Å². The number of halogens is 3. The van der Waals surface area contributed by atoms with E-state index in [4.69, 9.17) is 34.8 Å². The van der Waals surface area contributed by atoms with E-state index in [-0.39, 0.29) is 0 Å². The van der Waals surface area contributed by atoms with Gasteiger partial charge in [0.05, 0.1) is 10.0 Å². The molecule has 104 valence electrons. The number of aliphatic carboxylic acids is 1. The third-order valence-electron chi connectivity index (χ3n) is 2.66. The fourth-order valence-corrected chi connectivity index (χ4v) is 2.22. The third kappa shape index (κ3) is 3.57. The summed E-state index contributed by atoms with van der Waals surface area (Å²) in [4.78, 5) is 11.4. The number of carboxylic acid groups (broad SMARTS) is 1. The molecule has 0 radical (unpaired) electrons. The van der Waals surface area contributed by atoms with E-state index in [1.54, 1.807) is 36.4 Å². The first kappa shape index (κ1) is 15.0. The van der Waals surface area contributed by atoms with Crippen LogP contribution >= 0.6 is 34.8 Å². The second-order valence-electron chi connectivity index (χ2n) is 4.10. The lowest BCUT2D eigenvalue weighted by atomic mass is 10.1. The number of rotatable bonds is 4. The summed E-state index contributed by atoms with van der Waals surface area (Å²) in [5.74, 6) is -1.02. The van der Waals surface area contributed by atoms with Crippen LogP contribution in [0.5, 0.6) is 0 Å². The van der Waals surface area contributed by atoms with Crippen molar-refractivity contribution in [3.8, 4) is 0 Å². The molecule has 2 N–H and O–H groups in total. The van der Waals surface area contributed by atoms with E-state index in [0.29, 0.717) is 26.3 Å². The fourth-order valence-electron chi connectivity index (χ4n) is 1.72. The highest BCUT2D eigenvalue weighted by molar-refractivity contribution is 6.42. The molecule has 0 heterocycles. The van der Waals surface area contributed by atoms with Crippen molar-refractivity contribution >= 4 is 46.5 Å². The van der Waals surface area contributed by atoms with Gasteiger partial charge in [-0.05, 0) is 35.9 Å². The van der Waals surface area contributed by atoms with Crippen LogP contribution in [0.1, 0.15) is 11.6 Å². The van der Waals surface area contributed by atoms with Crippen molar-refractivity contribution in [2.45, 2.75) is 6.04 Å². The molecule has 2 aromatic carbocycles. The average molecular weight is 331 g/mol. The van der Waals surface area contributed by atoms with E-state index in [1.807, 2.05) is 0 Å². The molecular formula is C14H10Cl3NO2. The molecule has 0 bridgehead atoms. The predicted octanol–water partition coefficient (Wildman–Crippen LogP) is 4.88. The Labute approximate surface area is 131 Å². The van der Waals surface area contributed by atoms with Gasteiger partial charge in [-0.1, -0.05) is 46.9 Å². The van der Waals surface area contributed by atoms with E-state index in [1.165, 1.54) is 6.07 Å². The minimum absolute atomic E-state index is 0.309. The quantitative estimate of drug-likeness (QED) is 0.839. The molecule has 0 saturated carbocycles. The molecule has 1 atom stereocenters. The summed E-state index contributed by atoms with van der Waals surface area (Å²) < 4.78 is 0. The monoisotopic (exact) mass is 329 g/mol. The number of hydrogen-bond donors (Lipinski definition) is 2. The van der Waals surface area contributed by atoms with E-state index in [2.05, 4.69) is 5.32 Å². The Kier molecular flexibility index (Phi) is 4.76. The van der Waals surface area contributed by atoms with Gasteiger partial charge >= 0.3 is 5.97 Å². The van der Waals surface area contributed by atoms with Crippen LogP contribution in [0.2, 0.25) is 15.1 Å². The molecule has 20 heavy (non-hydrogen) atoms. The van der Waals surface area contributed by atoms with Crippen molar-refractivity contribution in [3.05, 3.63) is 63.1 Å². The lowest BCUT2D eigenvalue weighted by Crippen LogP contribution is -2.20. The number of nitrogens with one attached hydrogen (secondary N) is 1. The first-order valence-electron chi connectivity index (χ1n) is 5.67.